The van der Waals surface area contributed by atoms with Crippen LogP contribution in [-0.4, -0.2) is 32.5 Å². The minimum Gasteiger partial charge on any atom is -0.352 e. The molecule has 0 saturated carbocycles. The van der Waals surface area contributed by atoms with Gasteiger partial charge in [-0.25, -0.2) is 0 Å². The number of benzene rings is 1. The van der Waals surface area contributed by atoms with E-state index in [1.807, 2.05) is 12.1 Å². The van der Waals surface area contributed by atoms with Crippen LogP contribution in [0.5, 0.6) is 0 Å². The molecule has 0 fully saturated rings. The smallest absolute Gasteiger partial charge is 0.252 e. The Bertz CT molecular complexity index is 476. The molecule has 1 N–H and O–H groups in total. The second kappa shape index (κ2) is 7.71. The average Bonchev–Trinajstić information content (AvgIpc) is 2.39. The van der Waals surface area contributed by atoms with E-state index in [9.17, 15) is 4.79 Å². The molecule has 7 heteroatoms. The number of hydrogen-bond donors (Lipinski definition) is 1. The SMILES string of the molecule is COC(C)(CNC(=O)c1cc(I)cc(I)c1I)OC. The molecule has 0 saturated heterocycles. The van der Waals surface area contributed by atoms with Crippen LogP contribution in [-0.2, 0) is 9.47 Å². The van der Waals surface area contributed by atoms with Crippen LogP contribution in [0.25, 0.3) is 0 Å². The molecule has 0 aliphatic carbocycles. The first kappa shape index (κ1) is 17.9. The molecule has 19 heavy (non-hydrogen) atoms. The van der Waals surface area contributed by atoms with Crippen LogP contribution in [0.2, 0.25) is 0 Å². The molecule has 1 rings (SSSR count). The summed E-state index contributed by atoms with van der Waals surface area (Å²) >= 11 is 6.61. The maximum Gasteiger partial charge on any atom is 0.252 e. The van der Waals surface area contributed by atoms with Gasteiger partial charge in [0, 0.05) is 24.9 Å². The Hall–Kier alpha value is 0.800. The third-order valence-electron chi connectivity index (χ3n) is 2.67. The predicted octanol–water partition coefficient (Wildman–Crippen LogP) is 3.24. The van der Waals surface area contributed by atoms with Crippen LogP contribution in [0.4, 0.5) is 0 Å². The topological polar surface area (TPSA) is 47.6 Å². The van der Waals surface area contributed by atoms with E-state index >= 15 is 0 Å². The molecule has 1 amide bonds. The van der Waals surface area contributed by atoms with Gasteiger partial charge >= 0.3 is 0 Å². The Morgan fingerprint density at radius 1 is 1.26 bits per heavy atom. The van der Waals surface area contributed by atoms with Crippen LogP contribution in [0.1, 0.15) is 17.3 Å². The van der Waals surface area contributed by atoms with Crippen molar-refractivity contribution < 1.29 is 14.3 Å². The number of rotatable bonds is 5. The van der Waals surface area contributed by atoms with Crippen molar-refractivity contribution in [3.05, 3.63) is 28.4 Å². The summed E-state index contributed by atoms with van der Waals surface area (Å²) in [6, 6.07) is 3.91. The lowest BCUT2D eigenvalue weighted by Gasteiger charge is -2.26. The fourth-order valence-corrected chi connectivity index (χ4v) is 3.69. The molecule has 0 unspecified atom stereocenters. The molecule has 0 atom stereocenters. The van der Waals surface area contributed by atoms with Gasteiger partial charge in [0.05, 0.1) is 12.1 Å². The average molecular weight is 601 g/mol. The zero-order valence-electron chi connectivity index (χ0n) is 10.7. The fourth-order valence-electron chi connectivity index (χ4n) is 1.28. The highest BCUT2D eigenvalue weighted by Gasteiger charge is 2.24. The van der Waals surface area contributed by atoms with Gasteiger partial charge in [0.1, 0.15) is 0 Å². The summed E-state index contributed by atoms with van der Waals surface area (Å²) in [6.07, 6.45) is 0. The van der Waals surface area contributed by atoms with Crippen LogP contribution in [0.3, 0.4) is 0 Å². The summed E-state index contributed by atoms with van der Waals surface area (Å²) in [5.41, 5.74) is 0.673. The molecular weight excluding hydrogens is 587 g/mol. The van der Waals surface area contributed by atoms with Crippen molar-refractivity contribution in [2.45, 2.75) is 12.7 Å². The monoisotopic (exact) mass is 601 g/mol. The van der Waals surface area contributed by atoms with Crippen molar-refractivity contribution in [2.24, 2.45) is 0 Å². The summed E-state index contributed by atoms with van der Waals surface area (Å²) in [6.45, 7) is 2.06. The predicted molar refractivity (Wildman–Crippen MR) is 99.3 cm³/mol. The van der Waals surface area contributed by atoms with Crippen LogP contribution in [0, 0.1) is 10.7 Å². The van der Waals surface area contributed by atoms with Gasteiger partial charge in [-0.1, -0.05) is 0 Å². The van der Waals surface area contributed by atoms with E-state index in [0.717, 1.165) is 10.7 Å². The molecule has 1 aromatic carbocycles. The Morgan fingerprint density at radius 3 is 2.37 bits per heavy atom. The first-order valence-electron chi connectivity index (χ1n) is 5.36. The van der Waals surface area contributed by atoms with Gasteiger partial charge in [-0.15, -0.1) is 0 Å². The molecular formula is C12H14I3NO3. The molecule has 0 heterocycles. The number of ether oxygens (including phenoxy) is 2. The number of halogens is 3. The molecule has 0 bridgehead atoms. The maximum absolute atomic E-state index is 12.2. The molecule has 0 aliphatic heterocycles. The van der Waals surface area contributed by atoms with E-state index < -0.39 is 5.79 Å². The van der Waals surface area contributed by atoms with Gasteiger partial charge < -0.3 is 14.8 Å². The lowest BCUT2D eigenvalue weighted by molar-refractivity contribution is -0.187. The number of hydrogen-bond acceptors (Lipinski definition) is 3. The van der Waals surface area contributed by atoms with Gasteiger partial charge in [0.2, 0.25) is 0 Å². The second-order valence-corrected chi connectivity index (χ2v) is 7.46. The van der Waals surface area contributed by atoms with E-state index in [0.29, 0.717) is 5.56 Å². The molecule has 0 aromatic heterocycles. The Labute approximate surface area is 153 Å². The number of methoxy groups -OCH3 is 2. The minimum absolute atomic E-state index is 0.124. The largest absolute Gasteiger partial charge is 0.352 e. The lowest BCUT2D eigenvalue weighted by atomic mass is 10.2. The van der Waals surface area contributed by atoms with Gasteiger partial charge in [0.15, 0.2) is 5.79 Å². The summed E-state index contributed by atoms with van der Waals surface area (Å²) in [5.74, 6) is -0.933. The van der Waals surface area contributed by atoms with E-state index in [1.165, 1.54) is 0 Å². The van der Waals surface area contributed by atoms with E-state index in [1.54, 1.807) is 21.1 Å². The van der Waals surface area contributed by atoms with Gasteiger partial charge in [-0.2, -0.15) is 0 Å². The molecule has 106 valence electrons. The summed E-state index contributed by atoms with van der Waals surface area (Å²) < 4.78 is 13.5. The zero-order chi connectivity index (χ0) is 14.6. The first-order valence-corrected chi connectivity index (χ1v) is 8.59. The highest BCUT2D eigenvalue weighted by atomic mass is 127. The molecule has 0 aliphatic rings. The van der Waals surface area contributed by atoms with E-state index in [2.05, 4.69) is 73.1 Å². The highest BCUT2D eigenvalue weighted by molar-refractivity contribution is 14.1. The highest BCUT2D eigenvalue weighted by Crippen LogP contribution is 2.23. The standard InChI is InChI=1S/C12H14I3NO3/c1-12(18-2,19-3)6-16-11(17)8-4-7(13)5-9(14)10(8)15/h4-5H,6H2,1-3H3,(H,16,17). The number of carbonyl (C=O) groups excluding carboxylic acids is 1. The summed E-state index contributed by atoms with van der Waals surface area (Å²) in [4.78, 5) is 12.2. The minimum atomic E-state index is -0.809. The van der Waals surface area contributed by atoms with Crippen molar-refractivity contribution in [1.82, 2.24) is 5.32 Å². The zero-order valence-corrected chi connectivity index (χ0v) is 17.2. The van der Waals surface area contributed by atoms with Gasteiger partial charge in [-0.05, 0) is 86.8 Å². The van der Waals surface area contributed by atoms with Crippen LogP contribution < -0.4 is 5.32 Å². The fraction of sp³-hybridized carbons (Fsp3) is 0.417. The van der Waals surface area contributed by atoms with Crippen molar-refractivity contribution in [2.75, 3.05) is 20.8 Å². The van der Waals surface area contributed by atoms with Crippen molar-refractivity contribution >= 4 is 73.7 Å². The Balaban J connectivity index is 2.85. The first-order chi connectivity index (χ1) is 8.83. The lowest BCUT2D eigenvalue weighted by Crippen LogP contribution is -2.43. The Kier molecular flexibility index (Phi) is 7.24. The molecule has 0 spiro atoms. The normalized spacial score (nSPS) is 11.5. The van der Waals surface area contributed by atoms with Gasteiger partial charge in [0.25, 0.3) is 5.91 Å². The molecule has 4 nitrogen and oxygen atoms in total. The van der Waals surface area contributed by atoms with Crippen molar-refractivity contribution in [3.63, 3.8) is 0 Å². The third-order valence-corrected chi connectivity index (χ3v) is 6.34. The second-order valence-electron chi connectivity index (χ2n) is 3.97. The van der Waals surface area contributed by atoms with Gasteiger partial charge in [-0.3, -0.25) is 4.79 Å². The number of carbonyl (C=O) groups is 1. The van der Waals surface area contributed by atoms with Crippen molar-refractivity contribution in [1.29, 1.82) is 0 Å². The maximum atomic E-state index is 12.2. The van der Waals surface area contributed by atoms with E-state index in [-0.39, 0.29) is 12.5 Å². The number of nitrogens with one attached hydrogen (secondary N) is 1. The quantitative estimate of drug-likeness (QED) is 0.321. The summed E-state index contributed by atoms with van der Waals surface area (Å²) in [7, 11) is 3.10. The van der Waals surface area contributed by atoms with E-state index in [4.69, 9.17) is 9.47 Å². The third kappa shape index (κ3) is 4.93. The molecule has 0 radical (unpaired) electrons. The summed E-state index contributed by atoms with van der Waals surface area (Å²) in [5, 5.41) is 2.84. The Morgan fingerprint density at radius 2 is 1.84 bits per heavy atom. The molecule has 1 aromatic rings. The van der Waals surface area contributed by atoms with Crippen LogP contribution >= 0.6 is 67.8 Å². The van der Waals surface area contributed by atoms with Crippen LogP contribution in [0.15, 0.2) is 12.1 Å². The van der Waals surface area contributed by atoms with Crippen molar-refractivity contribution in [3.8, 4) is 0 Å². The number of amides is 1.